The third-order valence-corrected chi connectivity index (χ3v) is 6.44. The summed E-state index contributed by atoms with van der Waals surface area (Å²) in [5.74, 6) is 1.11. The Balaban J connectivity index is 1.57. The van der Waals surface area contributed by atoms with Crippen LogP contribution < -0.4 is 10.1 Å². The lowest BCUT2D eigenvalue weighted by atomic mass is 9.72. The Morgan fingerprint density at radius 3 is 2.57 bits per heavy atom. The first-order chi connectivity index (χ1) is 17.0. The van der Waals surface area contributed by atoms with Gasteiger partial charge in [-0.3, -0.25) is 4.79 Å². The summed E-state index contributed by atoms with van der Waals surface area (Å²) in [6, 6.07) is 20.8. The molecule has 0 bridgehead atoms. The number of ketones is 1. The molecule has 0 amide bonds. The number of hydrogen-bond acceptors (Lipinski definition) is 6. The lowest BCUT2D eigenvalue weighted by Gasteiger charge is -2.36. The molecule has 0 spiro atoms. The van der Waals surface area contributed by atoms with Crippen LogP contribution in [-0.4, -0.2) is 18.4 Å². The van der Waals surface area contributed by atoms with E-state index < -0.39 is 11.9 Å². The summed E-state index contributed by atoms with van der Waals surface area (Å²) in [7, 11) is 0. The van der Waals surface area contributed by atoms with Gasteiger partial charge in [-0.1, -0.05) is 30.3 Å². The summed E-state index contributed by atoms with van der Waals surface area (Å²) in [5.41, 5.74) is 3.38. The molecule has 2 aromatic carbocycles. The van der Waals surface area contributed by atoms with Crippen LogP contribution in [0.5, 0.6) is 11.5 Å². The number of ether oxygens (including phenoxy) is 2. The van der Waals surface area contributed by atoms with Crippen LogP contribution in [0.2, 0.25) is 0 Å². The van der Waals surface area contributed by atoms with Gasteiger partial charge < -0.3 is 19.2 Å². The van der Waals surface area contributed by atoms with Crippen LogP contribution in [0, 0.1) is 0 Å². The zero-order valence-electron chi connectivity index (χ0n) is 19.7. The third-order valence-electron chi connectivity index (χ3n) is 6.44. The van der Waals surface area contributed by atoms with Crippen LogP contribution in [0.15, 0.2) is 100.0 Å². The Kier molecular flexibility index (Phi) is 6.27. The van der Waals surface area contributed by atoms with Crippen molar-refractivity contribution in [1.82, 2.24) is 5.32 Å². The van der Waals surface area contributed by atoms with Crippen molar-refractivity contribution in [3.05, 3.63) is 107 Å². The van der Waals surface area contributed by atoms with E-state index in [-0.39, 0.29) is 18.3 Å². The van der Waals surface area contributed by atoms with Gasteiger partial charge in [-0.15, -0.1) is 0 Å². The molecule has 1 aromatic heterocycles. The Labute approximate surface area is 204 Å². The molecule has 35 heavy (non-hydrogen) atoms. The van der Waals surface area contributed by atoms with Crippen LogP contribution >= 0.6 is 0 Å². The zero-order valence-corrected chi connectivity index (χ0v) is 19.7. The number of esters is 1. The van der Waals surface area contributed by atoms with E-state index in [0.29, 0.717) is 41.2 Å². The number of carbonyl (C=O) groups is 2. The number of nitrogens with one attached hydrogen (secondary N) is 1. The van der Waals surface area contributed by atoms with E-state index in [4.69, 9.17) is 13.9 Å². The Bertz CT molecular complexity index is 1300. The van der Waals surface area contributed by atoms with Crippen molar-refractivity contribution < 1.29 is 23.5 Å². The summed E-state index contributed by atoms with van der Waals surface area (Å²) < 4.78 is 17.1. The highest BCUT2D eigenvalue weighted by Crippen LogP contribution is 2.46. The van der Waals surface area contributed by atoms with E-state index in [1.165, 1.54) is 0 Å². The number of carbonyl (C=O) groups excluding carboxylic acids is 2. The van der Waals surface area contributed by atoms with Gasteiger partial charge in [-0.25, -0.2) is 4.79 Å². The number of dihydropyridines is 1. The summed E-state index contributed by atoms with van der Waals surface area (Å²) in [6.07, 6.45) is 2.57. The standard InChI is InChI=1S/C29H27NO5/c1-3-33-29(32)26-18(2)30-23-16-20(25-13-8-14-34-25)17-24(31)28(23)27(26)19-9-7-12-22(15-19)35-21-10-5-4-6-11-21/h4-15,20,27,30H,3,16-17H2,1-2H3/t20-,27-/m0/s1. The van der Waals surface area contributed by atoms with Crippen molar-refractivity contribution in [3.8, 4) is 11.5 Å². The van der Waals surface area contributed by atoms with Gasteiger partial charge in [0.2, 0.25) is 0 Å². The number of furan rings is 1. The smallest absolute Gasteiger partial charge is 0.336 e. The average Bonchev–Trinajstić information content (AvgIpc) is 3.39. The van der Waals surface area contributed by atoms with Gasteiger partial charge in [0, 0.05) is 35.2 Å². The van der Waals surface area contributed by atoms with Crippen molar-refractivity contribution in [2.24, 2.45) is 0 Å². The van der Waals surface area contributed by atoms with Gasteiger partial charge in [0.05, 0.1) is 18.4 Å². The summed E-state index contributed by atoms with van der Waals surface area (Å²) in [4.78, 5) is 26.7. The molecule has 1 N–H and O–H groups in total. The maximum atomic E-state index is 13.6. The average molecular weight is 470 g/mol. The van der Waals surface area contributed by atoms with Gasteiger partial charge in [0.15, 0.2) is 5.78 Å². The number of Topliss-reactive ketones (excluding diaryl/α,β-unsaturated/α-hetero) is 1. The number of benzene rings is 2. The molecule has 6 heteroatoms. The number of hydrogen-bond donors (Lipinski definition) is 1. The summed E-state index contributed by atoms with van der Waals surface area (Å²) in [6.45, 7) is 3.88. The monoisotopic (exact) mass is 469 g/mol. The highest BCUT2D eigenvalue weighted by atomic mass is 16.5. The topological polar surface area (TPSA) is 77.8 Å². The normalized spacial score (nSPS) is 19.8. The molecule has 0 saturated heterocycles. The van der Waals surface area contributed by atoms with Gasteiger partial charge in [0.25, 0.3) is 0 Å². The fourth-order valence-electron chi connectivity index (χ4n) is 4.96. The minimum Gasteiger partial charge on any atom is -0.469 e. The maximum absolute atomic E-state index is 13.6. The van der Waals surface area contributed by atoms with E-state index in [1.807, 2.05) is 73.7 Å². The highest BCUT2D eigenvalue weighted by Gasteiger charge is 2.42. The molecule has 1 aliphatic heterocycles. The molecule has 2 heterocycles. The lowest BCUT2D eigenvalue weighted by molar-refractivity contribution is -0.138. The first-order valence-corrected chi connectivity index (χ1v) is 11.8. The predicted molar refractivity (Wildman–Crippen MR) is 131 cm³/mol. The molecule has 1 aliphatic carbocycles. The second-order valence-corrected chi connectivity index (χ2v) is 8.74. The molecule has 2 atom stereocenters. The Hall–Kier alpha value is -4.06. The number of allylic oxidation sites excluding steroid dienone is 3. The SMILES string of the molecule is CCOC(=O)C1=C(C)NC2=C(C(=O)C[C@@H](c3ccco3)C2)[C@H]1c1cccc(Oc2ccccc2)c1. The van der Waals surface area contributed by atoms with Gasteiger partial charge in [-0.2, -0.15) is 0 Å². The summed E-state index contributed by atoms with van der Waals surface area (Å²) >= 11 is 0. The molecule has 3 aromatic rings. The molecule has 6 nitrogen and oxygen atoms in total. The molecule has 178 valence electrons. The van der Waals surface area contributed by atoms with Crippen molar-refractivity contribution >= 4 is 11.8 Å². The molecular weight excluding hydrogens is 442 g/mol. The molecule has 0 radical (unpaired) electrons. The Morgan fingerprint density at radius 2 is 1.83 bits per heavy atom. The molecule has 5 rings (SSSR count). The number of para-hydroxylation sites is 1. The van der Waals surface area contributed by atoms with E-state index in [2.05, 4.69) is 5.32 Å². The largest absolute Gasteiger partial charge is 0.469 e. The first kappa shape index (κ1) is 22.7. The van der Waals surface area contributed by atoms with Crippen LogP contribution in [-0.2, 0) is 14.3 Å². The van der Waals surface area contributed by atoms with E-state index in [0.717, 1.165) is 17.0 Å². The van der Waals surface area contributed by atoms with Crippen molar-refractivity contribution in [2.75, 3.05) is 6.61 Å². The Morgan fingerprint density at radius 1 is 1.03 bits per heavy atom. The zero-order chi connectivity index (χ0) is 24.4. The van der Waals surface area contributed by atoms with Gasteiger partial charge in [-0.05, 0) is 62.2 Å². The molecule has 0 fully saturated rings. The van der Waals surface area contributed by atoms with E-state index in [1.54, 1.807) is 13.2 Å². The second-order valence-electron chi connectivity index (χ2n) is 8.74. The van der Waals surface area contributed by atoms with Crippen molar-refractivity contribution in [2.45, 2.75) is 38.5 Å². The quantitative estimate of drug-likeness (QED) is 0.447. The van der Waals surface area contributed by atoms with Crippen molar-refractivity contribution in [1.29, 1.82) is 0 Å². The molecule has 2 aliphatic rings. The van der Waals surface area contributed by atoms with Gasteiger partial charge >= 0.3 is 5.97 Å². The molecule has 0 saturated carbocycles. The van der Waals surface area contributed by atoms with Crippen LogP contribution in [0.1, 0.15) is 49.8 Å². The lowest BCUT2D eigenvalue weighted by Crippen LogP contribution is -2.36. The first-order valence-electron chi connectivity index (χ1n) is 11.8. The third kappa shape index (κ3) is 4.52. The highest BCUT2D eigenvalue weighted by molar-refractivity contribution is 6.04. The minimum atomic E-state index is -0.547. The second kappa shape index (κ2) is 9.66. The van der Waals surface area contributed by atoms with Gasteiger partial charge in [0.1, 0.15) is 17.3 Å². The molecule has 0 unspecified atom stereocenters. The minimum absolute atomic E-state index is 0.00571. The van der Waals surface area contributed by atoms with Crippen LogP contribution in [0.4, 0.5) is 0 Å². The maximum Gasteiger partial charge on any atom is 0.336 e. The summed E-state index contributed by atoms with van der Waals surface area (Å²) in [5, 5.41) is 3.35. The van der Waals surface area contributed by atoms with Crippen LogP contribution in [0.3, 0.4) is 0 Å². The fraction of sp³-hybridized carbons (Fsp3) is 0.241. The number of rotatable bonds is 6. The van der Waals surface area contributed by atoms with E-state index in [9.17, 15) is 9.59 Å². The van der Waals surface area contributed by atoms with Crippen LogP contribution in [0.25, 0.3) is 0 Å². The molecular formula is C29H27NO5. The van der Waals surface area contributed by atoms with Crippen molar-refractivity contribution in [3.63, 3.8) is 0 Å². The van der Waals surface area contributed by atoms with E-state index >= 15 is 0 Å². The predicted octanol–water partition coefficient (Wildman–Crippen LogP) is 6.00. The fourth-order valence-corrected chi connectivity index (χ4v) is 4.96.